The van der Waals surface area contributed by atoms with Gasteiger partial charge in [-0.1, -0.05) is 0 Å². The Kier molecular flexibility index (Phi) is 4.12. The quantitative estimate of drug-likeness (QED) is 0.894. The van der Waals surface area contributed by atoms with Crippen LogP contribution in [0.4, 0.5) is 4.79 Å². The number of carbonyl (C=O) groups excluding carboxylic acids is 1. The first-order valence-corrected chi connectivity index (χ1v) is 6.91. The standard InChI is InChI=1S/C14H23N3O2/c1-14(2,3)19-13(18)16-11-5-4-6-12(9-11)17-8-7-15-10-17/h7-8,10-12H,4-6,9H2,1-3H3,(H,16,18). The van der Waals surface area contributed by atoms with Gasteiger partial charge in [-0.3, -0.25) is 0 Å². The number of ether oxygens (including phenoxy) is 1. The van der Waals surface area contributed by atoms with Crippen LogP contribution in [-0.2, 0) is 4.74 Å². The van der Waals surface area contributed by atoms with Crippen molar-refractivity contribution in [1.29, 1.82) is 0 Å². The Balaban J connectivity index is 1.86. The van der Waals surface area contributed by atoms with E-state index in [0.717, 1.165) is 25.7 Å². The van der Waals surface area contributed by atoms with E-state index in [0.29, 0.717) is 6.04 Å². The Hall–Kier alpha value is -1.52. The Labute approximate surface area is 114 Å². The Morgan fingerprint density at radius 2 is 2.21 bits per heavy atom. The van der Waals surface area contributed by atoms with E-state index in [9.17, 15) is 4.79 Å². The van der Waals surface area contributed by atoms with Gasteiger partial charge in [0.25, 0.3) is 0 Å². The van der Waals surface area contributed by atoms with Gasteiger partial charge in [-0.25, -0.2) is 9.78 Å². The second-order valence-corrected chi connectivity index (χ2v) is 6.17. The third kappa shape index (κ3) is 4.26. The molecule has 2 atom stereocenters. The fourth-order valence-corrected chi connectivity index (χ4v) is 2.53. The smallest absolute Gasteiger partial charge is 0.407 e. The van der Waals surface area contributed by atoms with Crippen molar-refractivity contribution >= 4 is 6.09 Å². The summed E-state index contributed by atoms with van der Waals surface area (Å²) in [5.74, 6) is 0. The summed E-state index contributed by atoms with van der Waals surface area (Å²) in [6.07, 6.45) is 9.53. The molecule has 1 aliphatic rings. The molecule has 0 radical (unpaired) electrons. The fraction of sp³-hybridized carbons (Fsp3) is 0.714. The van der Waals surface area contributed by atoms with Crippen LogP contribution in [0.3, 0.4) is 0 Å². The molecule has 1 amide bonds. The summed E-state index contributed by atoms with van der Waals surface area (Å²) in [6, 6.07) is 0.618. The largest absolute Gasteiger partial charge is 0.444 e. The molecule has 2 unspecified atom stereocenters. The van der Waals surface area contributed by atoms with Gasteiger partial charge in [0.1, 0.15) is 5.60 Å². The molecule has 0 spiro atoms. The maximum atomic E-state index is 11.8. The van der Waals surface area contributed by atoms with Gasteiger partial charge in [0.05, 0.1) is 6.33 Å². The van der Waals surface area contributed by atoms with Crippen LogP contribution >= 0.6 is 0 Å². The lowest BCUT2D eigenvalue weighted by Crippen LogP contribution is -2.41. The maximum absolute atomic E-state index is 11.8. The molecule has 106 valence electrons. The van der Waals surface area contributed by atoms with Gasteiger partial charge in [0.15, 0.2) is 0 Å². The van der Waals surface area contributed by atoms with Crippen LogP contribution < -0.4 is 5.32 Å². The lowest BCUT2D eigenvalue weighted by atomic mass is 9.91. The number of hydrogen-bond acceptors (Lipinski definition) is 3. The van der Waals surface area contributed by atoms with E-state index in [1.807, 2.05) is 33.3 Å². The summed E-state index contributed by atoms with van der Waals surface area (Å²) >= 11 is 0. The maximum Gasteiger partial charge on any atom is 0.407 e. The number of alkyl carbamates (subject to hydrolysis) is 1. The number of imidazole rings is 1. The van der Waals surface area contributed by atoms with Gasteiger partial charge in [-0.15, -0.1) is 0 Å². The van der Waals surface area contributed by atoms with Gasteiger partial charge in [-0.2, -0.15) is 0 Å². The SMILES string of the molecule is CC(C)(C)OC(=O)NC1CCCC(n2ccnc2)C1. The van der Waals surface area contributed by atoms with E-state index in [4.69, 9.17) is 4.74 Å². The van der Waals surface area contributed by atoms with Crippen molar-refractivity contribution in [2.45, 2.75) is 64.1 Å². The van der Waals surface area contributed by atoms with Crippen molar-refractivity contribution in [1.82, 2.24) is 14.9 Å². The summed E-state index contributed by atoms with van der Waals surface area (Å²) in [7, 11) is 0. The molecule has 19 heavy (non-hydrogen) atoms. The van der Waals surface area contributed by atoms with E-state index >= 15 is 0 Å². The molecule has 1 aromatic heterocycles. The van der Waals surface area contributed by atoms with Crippen molar-refractivity contribution in [2.75, 3.05) is 0 Å². The number of aromatic nitrogens is 2. The van der Waals surface area contributed by atoms with Gasteiger partial charge in [-0.05, 0) is 46.5 Å². The molecule has 1 saturated carbocycles. The molecule has 2 rings (SSSR count). The predicted octanol–water partition coefficient (Wildman–Crippen LogP) is 2.89. The third-order valence-electron chi connectivity index (χ3n) is 3.31. The number of nitrogens with zero attached hydrogens (tertiary/aromatic N) is 2. The summed E-state index contributed by atoms with van der Waals surface area (Å²) in [5, 5.41) is 2.97. The molecule has 0 aliphatic heterocycles. The number of nitrogens with one attached hydrogen (secondary N) is 1. The molecule has 1 fully saturated rings. The molecule has 1 aromatic rings. The second kappa shape index (κ2) is 5.63. The van der Waals surface area contributed by atoms with E-state index < -0.39 is 5.60 Å². The topological polar surface area (TPSA) is 56.1 Å². The minimum absolute atomic E-state index is 0.191. The van der Waals surface area contributed by atoms with Crippen molar-refractivity contribution in [2.24, 2.45) is 0 Å². The highest BCUT2D eigenvalue weighted by Crippen LogP contribution is 2.28. The highest BCUT2D eigenvalue weighted by molar-refractivity contribution is 5.68. The minimum atomic E-state index is -0.442. The molecular formula is C14H23N3O2. The van der Waals surface area contributed by atoms with Crippen LogP contribution in [0.25, 0.3) is 0 Å². The fourth-order valence-electron chi connectivity index (χ4n) is 2.53. The average molecular weight is 265 g/mol. The molecule has 0 saturated heterocycles. The lowest BCUT2D eigenvalue weighted by molar-refractivity contribution is 0.0486. The number of rotatable bonds is 2. The zero-order valence-corrected chi connectivity index (χ0v) is 11.9. The Morgan fingerprint density at radius 3 is 2.84 bits per heavy atom. The van der Waals surface area contributed by atoms with Crippen molar-refractivity contribution in [3.05, 3.63) is 18.7 Å². The highest BCUT2D eigenvalue weighted by atomic mass is 16.6. The van der Waals surface area contributed by atoms with E-state index in [1.54, 1.807) is 6.20 Å². The molecule has 0 bridgehead atoms. The molecule has 1 aliphatic carbocycles. The monoisotopic (exact) mass is 265 g/mol. The first-order valence-electron chi connectivity index (χ1n) is 6.91. The molecule has 5 nitrogen and oxygen atoms in total. The van der Waals surface area contributed by atoms with Crippen LogP contribution in [0.1, 0.15) is 52.5 Å². The normalized spacial score (nSPS) is 23.9. The van der Waals surface area contributed by atoms with Crippen LogP contribution in [0.5, 0.6) is 0 Å². The van der Waals surface area contributed by atoms with Crippen LogP contribution in [0.2, 0.25) is 0 Å². The van der Waals surface area contributed by atoms with Crippen LogP contribution in [0.15, 0.2) is 18.7 Å². The van der Waals surface area contributed by atoms with Gasteiger partial charge in [0, 0.05) is 24.5 Å². The van der Waals surface area contributed by atoms with Gasteiger partial charge < -0.3 is 14.6 Å². The summed E-state index contributed by atoms with van der Waals surface area (Å²) in [6.45, 7) is 5.63. The van der Waals surface area contributed by atoms with Crippen molar-refractivity contribution in [3.63, 3.8) is 0 Å². The minimum Gasteiger partial charge on any atom is -0.444 e. The van der Waals surface area contributed by atoms with Crippen molar-refractivity contribution < 1.29 is 9.53 Å². The number of hydrogen-bond donors (Lipinski definition) is 1. The van der Waals surface area contributed by atoms with E-state index in [-0.39, 0.29) is 12.1 Å². The zero-order valence-electron chi connectivity index (χ0n) is 11.9. The first-order chi connectivity index (χ1) is 8.94. The summed E-state index contributed by atoms with van der Waals surface area (Å²) in [4.78, 5) is 15.9. The first kappa shape index (κ1) is 13.9. The lowest BCUT2D eigenvalue weighted by Gasteiger charge is -2.31. The number of carbonyl (C=O) groups is 1. The van der Waals surface area contributed by atoms with E-state index in [2.05, 4.69) is 14.9 Å². The van der Waals surface area contributed by atoms with Crippen LogP contribution in [-0.4, -0.2) is 27.3 Å². The summed E-state index contributed by atoms with van der Waals surface area (Å²) in [5.41, 5.74) is -0.442. The van der Waals surface area contributed by atoms with Gasteiger partial charge >= 0.3 is 6.09 Å². The Bertz CT molecular complexity index is 409. The Morgan fingerprint density at radius 1 is 1.42 bits per heavy atom. The third-order valence-corrected chi connectivity index (χ3v) is 3.31. The second-order valence-electron chi connectivity index (χ2n) is 6.17. The molecule has 0 aromatic carbocycles. The molecule has 1 N–H and O–H groups in total. The molecule has 1 heterocycles. The van der Waals surface area contributed by atoms with Crippen molar-refractivity contribution in [3.8, 4) is 0 Å². The molecular weight excluding hydrogens is 242 g/mol. The number of amides is 1. The van der Waals surface area contributed by atoms with Crippen LogP contribution in [0, 0.1) is 0 Å². The highest BCUT2D eigenvalue weighted by Gasteiger charge is 2.26. The average Bonchev–Trinajstić information content (AvgIpc) is 2.79. The van der Waals surface area contributed by atoms with E-state index in [1.165, 1.54) is 0 Å². The summed E-state index contributed by atoms with van der Waals surface area (Å²) < 4.78 is 7.43. The predicted molar refractivity (Wildman–Crippen MR) is 72.9 cm³/mol. The van der Waals surface area contributed by atoms with Gasteiger partial charge in [0.2, 0.25) is 0 Å². The molecule has 5 heteroatoms. The zero-order chi connectivity index (χ0) is 13.9.